The third-order valence-electron chi connectivity index (χ3n) is 4.64. The van der Waals surface area contributed by atoms with E-state index in [1.807, 2.05) is 0 Å². The summed E-state index contributed by atoms with van der Waals surface area (Å²) in [5.74, 6) is -0.693. The number of nitrogens with one attached hydrogen (secondary N) is 1. The molecule has 8 heteroatoms. The first kappa shape index (κ1) is 21.2. The second kappa shape index (κ2) is 8.21. The molecule has 0 radical (unpaired) electrons. The van der Waals surface area contributed by atoms with Gasteiger partial charge in [-0.1, -0.05) is 53.5 Å². The molecule has 31 heavy (non-hydrogen) atoms. The van der Waals surface area contributed by atoms with Crippen LogP contribution in [0.3, 0.4) is 0 Å². The number of carbonyl (C=O) groups excluding carboxylic acids is 1. The van der Waals surface area contributed by atoms with Gasteiger partial charge in [-0.15, -0.1) is 0 Å². The Morgan fingerprint density at radius 3 is 2.26 bits per heavy atom. The van der Waals surface area contributed by atoms with Crippen molar-refractivity contribution in [3.63, 3.8) is 0 Å². The number of anilines is 1. The summed E-state index contributed by atoms with van der Waals surface area (Å²) < 4.78 is 40.3. The van der Waals surface area contributed by atoms with Crippen molar-refractivity contribution in [3.8, 4) is 11.3 Å². The van der Waals surface area contributed by atoms with Crippen molar-refractivity contribution in [2.24, 2.45) is 0 Å². The molecule has 1 amide bonds. The first-order valence-electron chi connectivity index (χ1n) is 9.06. The fraction of sp³-hybridized carbons (Fsp3) is 0.0435. The highest BCUT2D eigenvalue weighted by atomic mass is 35.5. The zero-order chi connectivity index (χ0) is 22.2. The van der Waals surface area contributed by atoms with E-state index in [0.717, 1.165) is 12.1 Å². The lowest BCUT2D eigenvalue weighted by Gasteiger charge is -2.15. The molecular weight excluding hydrogens is 448 g/mol. The summed E-state index contributed by atoms with van der Waals surface area (Å²) in [6, 6.07) is 18.5. The molecule has 0 atom stereocenters. The molecule has 4 rings (SSSR count). The molecule has 3 nitrogen and oxygen atoms in total. The van der Waals surface area contributed by atoms with Crippen LogP contribution in [-0.4, -0.2) is 10.9 Å². The van der Waals surface area contributed by atoms with Crippen LogP contribution in [0.1, 0.15) is 15.9 Å². The molecule has 1 N–H and O–H groups in total. The lowest BCUT2D eigenvalue weighted by Crippen LogP contribution is -2.17. The van der Waals surface area contributed by atoms with E-state index >= 15 is 0 Å². The van der Waals surface area contributed by atoms with Gasteiger partial charge in [0.2, 0.25) is 0 Å². The van der Waals surface area contributed by atoms with E-state index < -0.39 is 17.6 Å². The van der Waals surface area contributed by atoms with E-state index in [4.69, 9.17) is 23.2 Å². The van der Waals surface area contributed by atoms with Gasteiger partial charge in [0.05, 0.1) is 28.0 Å². The number of pyridine rings is 1. The van der Waals surface area contributed by atoms with Gasteiger partial charge >= 0.3 is 6.18 Å². The molecule has 1 aromatic heterocycles. The van der Waals surface area contributed by atoms with Crippen LogP contribution >= 0.6 is 23.2 Å². The second-order valence-electron chi connectivity index (χ2n) is 6.72. The zero-order valence-corrected chi connectivity index (χ0v) is 17.2. The molecule has 156 valence electrons. The molecule has 0 saturated carbocycles. The SMILES string of the molecule is O=C(Nc1ccc(Cl)cc1C(F)(F)F)c1cc(-c2ccc(Cl)cc2)nc2ccccc12. The van der Waals surface area contributed by atoms with Gasteiger partial charge in [-0.05, 0) is 42.5 Å². The van der Waals surface area contributed by atoms with Crippen LogP contribution in [0.4, 0.5) is 18.9 Å². The lowest BCUT2D eigenvalue weighted by molar-refractivity contribution is -0.136. The highest BCUT2D eigenvalue weighted by molar-refractivity contribution is 6.31. The van der Waals surface area contributed by atoms with Gasteiger partial charge in [0, 0.05) is 21.0 Å². The van der Waals surface area contributed by atoms with Crippen LogP contribution in [0.15, 0.2) is 72.8 Å². The Bertz CT molecular complexity index is 1290. The maximum atomic E-state index is 13.4. The van der Waals surface area contributed by atoms with E-state index in [-0.39, 0.29) is 16.3 Å². The summed E-state index contributed by atoms with van der Waals surface area (Å²) in [7, 11) is 0. The molecule has 0 aliphatic rings. The molecule has 4 aromatic rings. The number of amides is 1. The quantitative estimate of drug-likeness (QED) is 0.344. The molecule has 0 saturated heterocycles. The van der Waals surface area contributed by atoms with Gasteiger partial charge in [0.25, 0.3) is 5.91 Å². The molecule has 0 fully saturated rings. The Kier molecular flexibility index (Phi) is 5.60. The normalized spacial score (nSPS) is 11.5. The number of benzene rings is 3. The summed E-state index contributed by atoms with van der Waals surface area (Å²) in [6.45, 7) is 0. The summed E-state index contributed by atoms with van der Waals surface area (Å²) in [6.07, 6.45) is -4.68. The monoisotopic (exact) mass is 460 g/mol. The van der Waals surface area contributed by atoms with Crippen molar-refractivity contribution < 1.29 is 18.0 Å². The van der Waals surface area contributed by atoms with E-state index in [0.29, 0.717) is 27.2 Å². The van der Waals surface area contributed by atoms with Gasteiger partial charge in [-0.3, -0.25) is 4.79 Å². The number of aromatic nitrogens is 1. The van der Waals surface area contributed by atoms with Crippen molar-refractivity contribution >= 4 is 45.7 Å². The van der Waals surface area contributed by atoms with Crippen molar-refractivity contribution in [1.82, 2.24) is 4.98 Å². The molecular formula is C23H13Cl2F3N2O. The van der Waals surface area contributed by atoms with E-state index in [9.17, 15) is 18.0 Å². The summed E-state index contributed by atoms with van der Waals surface area (Å²) in [5.41, 5.74) is 0.533. The Hall–Kier alpha value is -3.09. The van der Waals surface area contributed by atoms with Crippen LogP contribution in [0.25, 0.3) is 22.2 Å². The van der Waals surface area contributed by atoms with Crippen molar-refractivity contribution in [2.75, 3.05) is 5.32 Å². The van der Waals surface area contributed by atoms with Gasteiger partial charge in [0.15, 0.2) is 0 Å². The van der Waals surface area contributed by atoms with Crippen LogP contribution in [0, 0.1) is 0 Å². The minimum atomic E-state index is -4.68. The summed E-state index contributed by atoms with van der Waals surface area (Å²) in [4.78, 5) is 17.6. The number of hydrogen-bond acceptors (Lipinski definition) is 2. The van der Waals surface area contributed by atoms with Crippen molar-refractivity contribution in [3.05, 3.63) is 94.0 Å². The number of hydrogen-bond donors (Lipinski definition) is 1. The Labute approximate surface area is 185 Å². The minimum Gasteiger partial charge on any atom is -0.321 e. The van der Waals surface area contributed by atoms with Crippen molar-refractivity contribution in [2.45, 2.75) is 6.18 Å². The third-order valence-corrected chi connectivity index (χ3v) is 5.12. The van der Waals surface area contributed by atoms with Crippen LogP contribution in [0.2, 0.25) is 10.0 Å². The smallest absolute Gasteiger partial charge is 0.321 e. The van der Waals surface area contributed by atoms with Crippen LogP contribution < -0.4 is 5.32 Å². The maximum Gasteiger partial charge on any atom is 0.418 e. The standard InChI is InChI=1S/C23H13Cl2F3N2O/c24-14-7-5-13(6-8-14)21-12-17(16-3-1-2-4-19(16)29-21)22(31)30-20-10-9-15(25)11-18(20)23(26,27)28/h1-12H,(H,30,31). The average molecular weight is 461 g/mol. The number of fused-ring (bicyclic) bond motifs is 1. The minimum absolute atomic E-state index is 0.0790. The average Bonchev–Trinajstić information content (AvgIpc) is 2.74. The van der Waals surface area contributed by atoms with Gasteiger partial charge < -0.3 is 5.32 Å². The van der Waals surface area contributed by atoms with Gasteiger partial charge in [0.1, 0.15) is 0 Å². The predicted molar refractivity (Wildman–Crippen MR) is 117 cm³/mol. The summed E-state index contributed by atoms with van der Waals surface area (Å²) in [5, 5.41) is 3.36. The highest BCUT2D eigenvalue weighted by Crippen LogP contribution is 2.37. The first-order chi connectivity index (χ1) is 14.7. The predicted octanol–water partition coefficient (Wildman–Crippen LogP) is 7.48. The number of para-hydroxylation sites is 1. The van der Waals surface area contributed by atoms with E-state index in [1.54, 1.807) is 54.6 Å². The number of carbonyl (C=O) groups is 1. The number of nitrogens with zero attached hydrogens (tertiary/aromatic N) is 1. The Morgan fingerprint density at radius 1 is 0.871 bits per heavy atom. The van der Waals surface area contributed by atoms with E-state index in [1.165, 1.54) is 6.07 Å². The van der Waals surface area contributed by atoms with Crippen molar-refractivity contribution in [1.29, 1.82) is 0 Å². The first-order valence-corrected chi connectivity index (χ1v) is 9.82. The maximum absolute atomic E-state index is 13.4. The zero-order valence-electron chi connectivity index (χ0n) is 15.7. The number of rotatable bonds is 3. The molecule has 0 unspecified atom stereocenters. The molecule has 1 heterocycles. The Balaban J connectivity index is 1.81. The molecule has 0 aliphatic carbocycles. The molecule has 3 aromatic carbocycles. The van der Waals surface area contributed by atoms with Crippen LogP contribution in [0.5, 0.6) is 0 Å². The number of alkyl halides is 3. The topological polar surface area (TPSA) is 42.0 Å². The lowest BCUT2D eigenvalue weighted by atomic mass is 10.0. The second-order valence-corrected chi connectivity index (χ2v) is 7.59. The summed E-state index contributed by atoms with van der Waals surface area (Å²) >= 11 is 11.7. The molecule has 0 aliphatic heterocycles. The fourth-order valence-corrected chi connectivity index (χ4v) is 3.48. The Morgan fingerprint density at radius 2 is 1.55 bits per heavy atom. The number of halogens is 5. The molecule has 0 spiro atoms. The highest BCUT2D eigenvalue weighted by Gasteiger charge is 2.34. The molecule has 0 bridgehead atoms. The third kappa shape index (κ3) is 4.50. The van der Waals surface area contributed by atoms with Gasteiger partial charge in [-0.25, -0.2) is 4.98 Å². The fourth-order valence-electron chi connectivity index (χ4n) is 3.18. The van der Waals surface area contributed by atoms with Crippen LogP contribution in [-0.2, 0) is 6.18 Å². The van der Waals surface area contributed by atoms with Gasteiger partial charge in [-0.2, -0.15) is 13.2 Å². The largest absolute Gasteiger partial charge is 0.418 e. The van der Waals surface area contributed by atoms with E-state index in [2.05, 4.69) is 10.3 Å².